The smallest absolute Gasteiger partial charge is 0.253 e. The van der Waals surface area contributed by atoms with Crippen LogP contribution in [0.5, 0.6) is 0 Å². The molecule has 2 amide bonds. The topological polar surface area (TPSA) is 102 Å². The fraction of sp³-hybridized carbons (Fsp3) is 0.367. The van der Waals surface area contributed by atoms with Crippen LogP contribution >= 0.6 is 11.6 Å². The van der Waals surface area contributed by atoms with Crippen molar-refractivity contribution in [1.82, 2.24) is 25.1 Å². The predicted molar refractivity (Wildman–Crippen MR) is 154 cm³/mol. The number of fused-ring (bicyclic) bond motifs is 1. The Kier molecular flexibility index (Phi) is 7.85. The van der Waals surface area contributed by atoms with Crippen LogP contribution in [-0.2, 0) is 11.8 Å². The predicted octanol–water partition coefficient (Wildman–Crippen LogP) is 6.18. The van der Waals surface area contributed by atoms with Gasteiger partial charge in [-0.2, -0.15) is 5.10 Å². The van der Waals surface area contributed by atoms with Gasteiger partial charge in [-0.05, 0) is 68.0 Å². The molecule has 0 spiro atoms. The Morgan fingerprint density at radius 2 is 1.93 bits per heavy atom. The number of hydrogen-bond acceptors (Lipinski definition) is 5. The van der Waals surface area contributed by atoms with Gasteiger partial charge < -0.3 is 10.6 Å². The van der Waals surface area contributed by atoms with E-state index in [9.17, 15) is 9.59 Å². The summed E-state index contributed by atoms with van der Waals surface area (Å²) in [7, 11) is 1.81. The molecule has 2 N–H and O–H groups in total. The lowest BCUT2D eigenvalue weighted by molar-refractivity contribution is -0.121. The quantitative estimate of drug-likeness (QED) is 0.292. The zero-order valence-corrected chi connectivity index (χ0v) is 23.7. The maximum Gasteiger partial charge on any atom is 0.253 e. The van der Waals surface area contributed by atoms with Crippen molar-refractivity contribution in [3.05, 3.63) is 70.5 Å². The van der Waals surface area contributed by atoms with Crippen LogP contribution in [0, 0.1) is 18.7 Å². The van der Waals surface area contributed by atoms with E-state index in [4.69, 9.17) is 11.6 Å². The number of nitrogens with zero attached hydrogens (tertiary/aromatic N) is 4. The summed E-state index contributed by atoms with van der Waals surface area (Å²) >= 11 is 6.49. The molecule has 0 unspecified atom stereocenters. The highest BCUT2D eigenvalue weighted by Crippen LogP contribution is 2.35. The summed E-state index contributed by atoms with van der Waals surface area (Å²) in [5.41, 5.74) is 3.71. The van der Waals surface area contributed by atoms with E-state index >= 15 is 4.39 Å². The SMILES string of the molecule is Cc1ccc(C(=O)N[C@@H]2CCC[C@H](C(=O)Nc3cc(-c4cc(F)c5nn(C)c(C(C)C)c5c4)c(Cl)cn3)C2)cn1. The average molecular weight is 563 g/mol. The Balaban J connectivity index is 1.32. The molecule has 1 saturated carbocycles. The highest BCUT2D eigenvalue weighted by Gasteiger charge is 2.29. The third-order valence-electron chi connectivity index (χ3n) is 7.46. The largest absolute Gasteiger partial charge is 0.349 e. The Labute approximate surface area is 237 Å². The number of anilines is 1. The molecule has 40 heavy (non-hydrogen) atoms. The highest BCUT2D eigenvalue weighted by molar-refractivity contribution is 6.33. The van der Waals surface area contributed by atoms with Crippen LogP contribution in [0.3, 0.4) is 0 Å². The molecule has 1 fully saturated rings. The highest BCUT2D eigenvalue weighted by atomic mass is 35.5. The number of amides is 2. The molecule has 1 aromatic carbocycles. The number of hydrogen-bond donors (Lipinski definition) is 2. The maximum absolute atomic E-state index is 15.1. The summed E-state index contributed by atoms with van der Waals surface area (Å²) in [4.78, 5) is 34.3. The Bertz CT molecular complexity index is 1580. The molecule has 0 aliphatic heterocycles. The van der Waals surface area contributed by atoms with E-state index in [0.29, 0.717) is 45.9 Å². The van der Waals surface area contributed by atoms with E-state index < -0.39 is 5.82 Å². The molecule has 2 atom stereocenters. The molecule has 8 nitrogen and oxygen atoms in total. The standard InChI is InChI=1S/C30H32ClFN6O2/c1-16(2)28-23-11-20(12-25(32)27(23)37-38(28)4)22-13-26(34-15-24(22)31)36-29(39)18-6-5-7-21(10-18)35-30(40)19-9-8-17(3)33-14-19/h8-9,11-16,18,21H,5-7,10H2,1-4H3,(H,35,40)(H,34,36,39)/t18-,21+/m0/s1. The number of aryl methyl sites for hydroxylation is 2. The van der Waals surface area contributed by atoms with Gasteiger partial charge in [-0.15, -0.1) is 0 Å². The molecular formula is C30H32ClFN6O2. The summed E-state index contributed by atoms with van der Waals surface area (Å²) in [5, 5.41) is 11.4. The van der Waals surface area contributed by atoms with Crippen molar-refractivity contribution in [2.75, 3.05) is 5.32 Å². The molecule has 4 aromatic rings. The van der Waals surface area contributed by atoms with E-state index in [1.54, 1.807) is 29.1 Å². The Morgan fingerprint density at radius 1 is 1.12 bits per heavy atom. The third-order valence-corrected chi connectivity index (χ3v) is 7.76. The number of pyridine rings is 2. The second-order valence-electron chi connectivity index (χ2n) is 10.8. The van der Waals surface area contributed by atoms with Gasteiger partial charge in [0.15, 0.2) is 5.82 Å². The Morgan fingerprint density at radius 3 is 2.65 bits per heavy atom. The number of aromatic nitrogens is 4. The van der Waals surface area contributed by atoms with Gasteiger partial charge in [0.25, 0.3) is 5.91 Å². The Hall–Kier alpha value is -3.85. The summed E-state index contributed by atoms with van der Waals surface area (Å²) < 4.78 is 16.8. The first-order chi connectivity index (χ1) is 19.1. The number of halogens is 2. The zero-order chi connectivity index (χ0) is 28.6. The monoisotopic (exact) mass is 562 g/mol. The number of nitrogens with one attached hydrogen (secondary N) is 2. The maximum atomic E-state index is 15.1. The molecule has 3 aromatic heterocycles. The van der Waals surface area contributed by atoms with Gasteiger partial charge in [0.2, 0.25) is 5.91 Å². The molecular weight excluding hydrogens is 531 g/mol. The van der Waals surface area contributed by atoms with Gasteiger partial charge >= 0.3 is 0 Å². The summed E-state index contributed by atoms with van der Waals surface area (Å²) in [5.74, 6) is -0.616. The number of benzene rings is 1. The van der Waals surface area contributed by atoms with Gasteiger partial charge in [0.05, 0.1) is 10.6 Å². The van der Waals surface area contributed by atoms with E-state index in [2.05, 4.69) is 25.7 Å². The van der Waals surface area contributed by atoms with Crippen molar-refractivity contribution >= 4 is 40.1 Å². The van der Waals surface area contributed by atoms with E-state index in [1.165, 1.54) is 12.3 Å². The molecule has 1 aliphatic rings. The second-order valence-corrected chi connectivity index (χ2v) is 11.2. The molecule has 208 valence electrons. The minimum absolute atomic E-state index is 0.114. The van der Waals surface area contributed by atoms with Crippen molar-refractivity contribution in [3.63, 3.8) is 0 Å². The molecule has 0 saturated heterocycles. The second kappa shape index (κ2) is 11.3. The lowest BCUT2D eigenvalue weighted by Gasteiger charge is -2.29. The molecule has 1 aliphatic carbocycles. The minimum atomic E-state index is -0.440. The van der Waals surface area contributed by atoms with Crippen LogP contribution in [0.4, 0.5) is 10.2 Å². The first-order valence-corrected chi connectivity index (χ1v) is 13.8. The van der Waals surface area contributed by atoms with Gasteiger partial charge in [-0.3, -0.25) is 19.3 Å². The van der Waals surface area contributed by atoms with Crippen LogP contribution in [0.1, 0.15) is 67.2 Å². The lowest BCUT2D eigenvalue weighted by atomic mass is 9.85. The van der Waals surface area contributed by atoms with Crippen LogP contribution in [0.25, 0.3) is 22.0 Å². The van der Waals surface area contributed by atoms with Crippen molar-refractivity contribution in [3.8, 4) is 11.1 Å². The first kappa shape index (κ1) is 27.7. The normalized spacial score (nSPS) is 17.3. The fourth-order valence-electron chi connectivity index (χ4n) is 5.50. The van der Waals surface area contributed by atoms with E-state index in [1.807, 2.05) is 33.9 Å². The van der Waals surface area contributed by atoms with Crippen LogP contribution in [0.15, 0.2) is 42.7 Å². The number of carbonyl (C=O) groups is 2. The van der Waals surface area contributed by atoms with Crippen LogP contribution in [0.2, 0.25) is 5.02 Å². The first-order valence-electron chi connectivity index (χ1n) is 13.5. The number of carbonyl (C=O) groups excluding carboxylic acids is 2. The summed E-state index contributed by atoms with van der Waals surface area (Å²) in [6.07, 6.45) is 5.88. The zero-order valence-electron chi connectivity index (χ0n) is 23.0. The number of rotatable bonds is 6. The molecule has 10 heteroatoms. The van der Waals surface area contributed by atoms with Crippen LogP contribution in [-0.4, -0.2) is 37.6 Å². The van der Waals surface area contributed by atoms with E-state index in [-0.39, 0.29) is 29.7 Å². The van der Waals surface area contributed by atoms with Crippen molar-refractivity contribution in [1.29, 1.82) is 0 Å². The van der Waals surface area contributed by atoms with Gasteiger partial charge in [0.1, 0.15) is 11.3 Å². The van der Waals surface area contributed by atoms with Crippen molar-refractivity contribution in [2.24, 2.45) is 13.0 Å². The third kappa shape index (κ3) is 5.70. The van der Waals surface area contributed by atoms with Crippen LogP contribution < -0.4 is 10.6 Å². The van der Waals surface area contributed by atoms with Gasteiger partial charge in [0, 0.05) is 53.7 Å². The molecule has 0 bridgehead atoms. The van der Waals surface area contributed by atoms with Crippen molar-refractivity contribution in [2.45, 2.75) is 58.4 Å². The van der Waals surface area contributed by atoms with Crippen molar-refractivity contribution < 1.29 is 14.0 Å². The molecule has 5 rings (SSSR count). The van der Waals surface area contributed by atoms with Gasteiger partial charge in [-0.25, -0.2) is 9.37 Å². The average Bonchev–Trinajstić information content (AvgIpc) is 3.26. The summed E-state index contributed by atoms with van der Waals surface area (Å²) in [6, 6.07) is 8.38. The molecule has 3 heterocycles. The van der Waals surface area contributed by atoms with E-state index in [0.717, 1.165) is 29.6 Å². The minimum Gasteiger partial charge on any atom is -0.349 e. The summed E-state index contributed by atoms with van der Waals surface area (Å²) in [6.45, 7) is 5.94. The lowest BCUT2D eigenvalue weighted by Crippen LogP contribution is -2.41. The van der Waals surface area contributed by atoms with Gasteiger partial charge in [-0.1, -0.05) is 31.9 Å². The molecule has 0 radical (unpaired) electrons. The fourth-order valence-corrected chi connectivity index (χ4v) is 5.71.